The summed E-state index contributed by atoms with van der Waals surface area (Å²) in [7, 11) is 1.75. The van der Waals surface area contributed by atoms with Crippen LogP contribution in [0, 0.1) is 6.92 Å². The smallest absolute Gasteiger partial charge is 0.340 e. The Hall–Kier alpha value is -0.880. The first kappa shape index (κ1) is 22.4. The molecular formula is C21H31ClO4S. The van der Waals surface area contributed by atoms with Crippen LogP contribution in [-0.2, 0) is 19.0 Å². The molecule has 0 spiro atoms. The minimum Gasteiger partial charge on any atom is -0.464 e. The van der Waals surface area contributed by atoms with Gasteiger partial charge in [0, 0.05) is 23.1 Å². The van der Waals surface area contributed by atoms with Gasteiger partial charge >= 0.3 is 5.97 Å². The quantitative estimate of drug-likeness (QED) is 0.527. The number of methoxy groups -OCH3 is 1. The highest BCUT2D eigenvalue weighted by Gasteiger charge is 2.36. The molecule has 2 atom stereocenters. The average Bonchev–Trinajstić information content (AvgIpc) is 2.87. The van der Waals surface area contributed by atoms with Crippen molar-refractivity contribution >= 4 is 34.5 Å². The van der Waals surface area contributed by atoms with E-state index >= 15 is 0 Å². The molecule has 0 fully saturated rings. The van der Waals surface area contributed by atoms with Gasteiger partial charge in [-0.25, -0.2) is 4.79 Å². The van der Waals surface area contributed by atoms with Gasteiger partial charge in [0.1, 0.15) is 4.34 Å². The van der Waals surface area contributed by atoms with Gasteiger partial charge in [-0.15, -0.1) is 11.3 Å². The Morgan fingerprint density at radius 2 is 2.07 bits per heavy atom. The summed E-state index contributed by atoms with van der Waals surface area (Å²) in [6.07, 6.45) is 3.96. The molecule has 0 saturated heterocycles. The molecule has 0 aliphatic heterocycles. The molecule has 0 bridgehead atoms. The summed E-state index contributed by atoms with van der Waals surface area (Å²) in [5.41, 5.74) is 2.28. The molecule has 4 nitrogen and oxygen atoms in total. The normalized spacial score (nSPS) is 21.7. The fourth-order valence-corrected chi connectivity index (χ4v) is 4.79. The van der Waals surface area contributed by atoms with Crippen LogP contribution >= 0.6 is 22.9 Å². The van der Waals surface area contributed by atoms with Crippen molar-refractivity contribution < 1.29 is 19.0 Å². The van der Waals surface area contributed by atoms with Gasteiger partial charge in [0.25, 0.3) is 0 Å². The van der Waals surface area contributed by atoms with E-state index in [1.165, 1.54) is 11.3 Å². The topological polar surface area (TPSA) is 44.8 Å². The lowest BCUT2D eigenvalue weighted by molar-refractivity contribution is -0.166. The van der Waals surface area contributed by atoms with Crippen LogP contribution in [0.25, 0.3) is 5.57 Å². The first-order chi connectivity index (χ1) is 12.5. The van der Waals surface area contributed by atoms with Crippen molar-refractivity contribution in [2.75, 3.05) is 13.7 Å². The number of esters is 1. The minimum atomic E-state index is -0.791. The molecule has 1 heterocycles. The number of carbonyl (C=O) groups is 1. The lowest BCUT2D eigenvalue weighted by Gasteiger charge is -2.32. The molecule has 1 aliphatic rings. The van der Waals surface area contributed by atoms with E-state index < -0.39 is 11.7 Å². The molecule has 152 valence electrons. The molecule has 0 aromatic carbocycles. The largest absolute Gasteiger partial charge is 0.464 e. The van der Waals surface area contributed by atoms with Crippen LogP contribution in [0.1, 0.15) is 76.0 Å². The molecule has 2 unspecified atom stereocenters. The van der Waals surface area contributed by atoms with Crippen molar-refractivity contribution in [1.29, 1.82) is 0 Å². The van der Waals surface area contributed by atoms with Gasteiger partial charge in [0.05, 0.1) is 17.8 Å². The van der Waals surface area contributed by atoms with Crippen LogP contribution < -0.4 is 0 Å². The van der Waals surface area contributed by atoms with Crippen molar-refractivity contribution in [3.63, 3.8) is 0 Å². The van der Waals surface area contributed by atoms with Gasteiger partial charge < -0.3 is 14.2 Å². The Morgan fingerprint density at radius 3 is 2.56 bits per heavy atom. The molecule has 0 saturated carbocycles. The number of ether oxygens (including phenoxy) is 3. The molecule has 6 heteroatoms. The fraction of sp³-hybridized carbons (Fsp3) is 0.667. The maximum atomic E-state index is 12.7. The summed E-state index contributed by atoms with van der Waals surface area (Å²) in [5, 5.41) is 0. The van der Waals surface area contributed by atoms with Crippen molar-refractivity contribution in [2.24, 2.45) is 0 Å². The Labute approximate surface area is 171 Å². The first-order valence-corrected chi connectivity index (χ1v) is 10.6. The van der Waals surface area contributed by atoms with Gasteiger partial charge in [0.15, 0.2) is 6.10 Å². The van der Waals surface area contributed by atoms with Gasteiger partial charge in [-0.3, -0.25) is 0 Å². The summed E-state index contributed by atoms with van der Waals surface area (Å²) in [6.45, 7) is 12.0. The molecule has 1 aromatic heterocycles. The standard InChI is InChI=1S/C21H31ClO4S/c1-8-25-19(23)17(26-20(3,4)5)15-13(2)27-18(22)16(15)14-9-11-21(6,24-7)12-10-14/h9,17H,8,10-12H2,1-7H3. The summed E-state index contributed by atoms with van der Waals surface area (Å²) in [6, 6.07) is 0. The molecule has 0 radical (unpaired) electrons. The van der Waals surface area contributed by atoms with Crippen LogP contribution in [0.5, 0.6) is 0 Å². The van der Waals surface area contributed by atoms with Crippen molar-refractivity contribution in [2.45, 2.75) is 78.1 Å². The second-order valence-corrected chi connectivity index (χ2v) is 10.00. The zero-order valence-electron chi connectivity index (χ0n) is 17.4. The van der Waals surface area contributed by atoms with E-state index in [1.807, 2.05) is 27.7 Å². The number of halogens is 1. The van der Waals surface area contributed by atoms with E-state index in [4.69, 9.17) is 25.8 Å². The van der Waals surface area contributed by atoms with E-state index in [0.717, 1.165) is 40.8 Å². The van der Waals surface area contributed by atoms with Gasteiger partial charge in [-0.2, -0.15) is 0 Å². The Balaban J connectivity index is 2.51. The zero-order valence-corrected chi connectivity index (χ0v) is 19.0. The molecule has 1 aliphatic carbocycles. The van der Waals surface area contributed by atoms with Crippen LogP contribution in [0.3, 0.4) is 0 Å². The monoisotopic (exact) mass is 414 g/mol. The minimum absolute atomic E-state index is 0.149. The van der Waals surface area contributed by atoms with Crippen LogP contribution in [0.4, 0.5) is 0 Å². The van der Waals surface area contributed by atoms with Crippen LogP contribution in [0.15, 0.2) is 6.08 Å². The summed E-state index contributed by atoms with van der Waals surface area (Å²) < 4.78 is 17.8. The van der Waals surface area contributed by atoms with Crippen molar-refractivity contribution in [1.82, 2.24) is 0 Å². The van der Waals surface area contributed by atoms with Crippen molar-refractivity contribution in [3.05, 3.63) is 26.4 Å². The number of carbonyl (C=O) groups excluding carboxylic acids is 1. The molecule has 27 heavy (non-hydrogen) atoms. The molecule has 2 rings (SSSR count). The highest BCUT2D eigenvalue weighted by atomic mass is 35.5. The number of aryl methyl sites for hydroxylation is 1. The SMILES string of the molecule is CCOC(=O)C(OC(C)(C)C)c1c(C)sc(Cl)c1C1=CCC(C)(OC)CC1. The van der Waals surface area contributed by atoms with Crippen LogP contribution in [0.2, 0.25) is 4.34 Å². The highest BCUT2D eigenvalue weighted by molar-refractivity contribution is 7.16. The molecule has 0 N–H and O–H groups in total. The highest BCUT2D eigenvalue weighted by Crippen LogP contribution is 2.46. The molecule has 0 amide bonds. The van der Waals surface area contributed by atoms with E-state index in [1.54, 1.807) is 14.0 Å². The maximum Gasteiger partial charge on any atom is 0.340 e. The van der Waals surface area contributed by atoms with Crippen LogP contribution in [-0.4, -0.2) is 30.9 Å². The van der Waals surface area contributed by atoms with Gasteiger partial charge in [-0.1, -0.05) is 17.7 Å². The average molecular weight is 415 g/mol. The van der Waals surface area contributed by atoms with E-state index in [2.05, 4.69) is 13.0 Å². The Kier molecular flexibility index (Phi) is 7.17. The van der Waals surface area contributed by atoms with Crippen molar-refractivity contribution in [3.8, 4) is 0 Å². The maximum absolute atomic E-state index is 12.7. The first-order valence-electron chi connectivity index (χ1n) is 9.39. The lowest BCUT2D eigenvalue weighted by Crippen LogP contribution is -2.30. The number of rotatable bonds is 6. The van der Waals surface area contributed by atoms with Gasteiger partial charge in [0.2, 0.25) is 0 Å². The molecule has 1 aromatic rings. The number of hydrogen-bond donors (Lipinski definition) is 0. The van der Waals surface area contributed by atoms with E-state index in [-0.39, 0.29) is 11.6 Å². The summed E-state index contributed by atoms with van der Waals surface area (Å²) >= 11 is 8.11. The lowest BCUT2D eigenvalue weighted by atomic mass is 9.83. The third-order valence-electron chi connectivity index (χ3n) is 4.84. The number of thiophene rings is 1. The third-order valence-corrected chi connectivity index (χ3v) is 6.17. The number of hydrogen-bond acceptors (Lipinski definition) is 5. The number of allylic oxidation sites excluding steroid dienone is 1. The predicted octanol–water partition coefficient (Wildman–Crippen LogP) is 6.10. The summed E-state index contributed by atoms with van der Waals surface area (Å²) in [4.78, 5) is 13.7. The second-order valence-electron chi connectivity index (χ2n) is 8.17. The summed E-state index contributed by atoms with van der Waals surface area (Å²) in [5.74, 6) is -0.371. The zero-order chi connectivity index (χ0) is 20.4. The third kappa shape index (κ3) is 5.35. The Bertz CT molecular complexity index is 716. The fourth-order valence-electron chi connectivity index (χ4n) is 3.29. The predicted molar refractivity (Wildman–Crippen MR) is 112 cm³/mol. The van der Waals surface area contributed by atoms with E-state index in [9.17, 15) is 4.79 Å². The second kappa shape index (κ2) is 8.64. The van der Waals surface area contributed by atoms with E-state index in [0.29, 0.717) is 10.9 Å². The molecular weight excluding hydrogens is 384 g/mol. The van der Waals surface area contributed by atoms with Gasteiger partial charge in [-0.05, 0) is 66.4 Å². The Morgan fingerprint density at radius 1 is 1.41 bits per heavy atom.